The van der Waals surface area contributed by atoms with Crippen LogP contribution in [-0.4, -0.2) is 48.0 Å². The van der Waals surface area contributed by atoms with E-state index in [1.807, 2.05) is 6.92 Å². The maximum absolute atomic E-state index is 6.00. The van der Waals surface area contributed by atoms with E-state index < -0.39 is 0 Å². The zero-order chi connectivity index (χ0) is 13.1. The Bertz CT molecular complexity index is 380. The molecule has 0 amide bonds. The summed E-state index contributed by atoms with van der Waals surface area (Å²) >= 11 is 1.80. The van der Waals surface area contributed by atoms with Crippen molar-refractivity contribution in [3.05, 3.63) is 15.6 Å². The number of piperazine rings is 1. The number of aromatic nitrogens is 1. The minimum atomic E-state index is 0.110. The molecule has 102 valence electrons. The summed E-state index contributed by atoms with van der Waals surface area (Å²) in [6, 6.07) is 0.110. The van der Waals surface area contributed by atoms with Crippen molar-refractivity contribution in [3.63, 3.8) is 0 Å². The normalized spacial score (nSPS) is 20.2. The van der Waals surface area contributed by atoms with E-state index in [9.17, 15) is 0 Å². The molecule has 1 atom stereocenters. The Morgan fingerprint density at radius 1 is 1.33 bits per heavy atom. The Labute approximate surface area is 114 Å². The minimum Gasteiger partial charge on any atom is -0.323 e. The number of likely N-dealkylation sites (N-methyl/N-ethyl adjacent to an activating group) is 1. The van der Waals surface area contributed by atoms with Crippen molar-refractivity contribution in [2.24, 2.45) is 5.73 Å². The molecule has 5 heteroatoms. The van der Waals surface area contributed by atoms with Gasteiger partial charge in [0.15, 0.2) is 0 Å². The number of nitrogens with two attached hydrogens (primary N) is 1. The fourth-order valence-corrected chi connectivity index (χ4v) is 3.44. The summed E-state index contributed by atoms with van der Waals surface area (Å²) in [5.41, 5.74) is 7.20. The number of hydrogen-bond donors (Lipinski definition) is 1. The van der Waals surface area contributed by atoms with Crippen molar-refractivity contribution < 1.29 is 0 Å². The molecule has 1 saturated heterocycles. The van der Waals surface area contributed by atoms with Crippen LogP contribution in [0.3, 0.4) is 0 Å². The molecule has 2 rings (SSSR count). The van der Waals surface area contributed by atoms with Crippen LogP contribution in [0.1, 0.15) is 35.5 Å². The van der Waals surface area contributed by atoms with Crippen LogP contribution < -0.4 is 5.73 Å². The molecule has 0 radical (unpaired) electrons. The Kier molecular flexibility index (Phi) is 4.72. The Hall–Kier alpha value is -0.490. The molecule has 1 aliphatic heterocycles. The zero-order valence-corrected chi connectivity index (χ0v) is 12.5. The molecule has 0 aromatic carbocycles. The van der Waals surface area contributed by atoms with Gasteiger partial charge in [-0.05, 0) is 20.4 Å². The summed E-state index contributed by atoms with van der Waals surface area (Å²) in [6.45, 7) is 9.79. The molecule has 18 heavy (non-hydrogen) atoms. The van der Waals surface area contributed by atoms with Gasteiger partial charge in [-0.3, -0.25) is 4.90 Å². The van der Waals surface area contributed by atoms with Crippen LogP contribution in [-0.2, 0) is 13.0 Å². The summed E-state index contributed by atoms with van der Waals surface area (Å²) in [4.78, 5) is 10.9. The van der Waals surface area contributed by atoms with Gasteiger partial charge < -0.3 is 10.6 Å². The van der Waals surface area contributed by atoms with Crippen LogP contribution in [0.15, 0.2) is 0 Å². The standard InChI is InChI=1S/C13H24N4S/c1-4-11-13(10(2)14)18-12(15-11)9-17-7-5-16(3)6-8-17/h10H,4-9,14H2,1-3H3. The van der Waals surface area contributed by atoms with Crippen LogP contribution in [0.4, 0.5) is 0 Å². The number of nitrogens with zero attached hydrogens (tertiary/aromatic N) is 3. The minimum absolute atomic E-state index is 0.110. The van der Waals surface area contributed by atoms with Gasteiger partial charge in [-0.1, -0.05) is 6.92 Å². The largest absolute Gasteiger partial charge is 0.323 e. The highest BCUT2D eigenvalue weighted by molar-refractivity contribution is 7.11. The maximum Gasteiger partial charge on any atom is 0.107 e. The van der Waals surface area contributed by atoms with Crippen molar-refractivity contribution >= 4 is 11.3 Å². The molecule has 1 fully saturated rings. The van der Waals surface area contributed by atoms with E-state index in [-0.39, 0.29) is 6.04 Å². The molecular formula is C13H24N4S. The van der Waals surface area contributed by atoms with Crippen LogP contribution in [0, 0.1) is 0 Å². The molecule has 0 spiro atoms. The SMILES string of the molecule is CCc1nc(CN2CCN(C)CC2)sc1C(C)N. The highest BCUT2D eigenvalue weighted by Gasteiger charge is 2.18. The lowest BCUT2D eigenvalue weighted by Crippen LogP contribution is -2.43. The molecule has 4 nitrogen and oxygen atoms in total. The Morgan fingerprint density at radius 3 is 2.50 bits per heavy atom. The van der Waals surface area contributed by atoms with Crippen LogP contribution >= 0.6 is 11.3 Å². The molecule has 1 aromatic heterocycles. The van der Waals surface area contributed by atoms with Crippen molar-refractivity contribution in [1.82, 2.24) is 14.8 Å². The maximum atomic E-state index is 6.00. The number of hydrogen-bond acceptors (Lipinski definition) is 5. The van der Waals surface area contributed by atoms with Gasteiger partial charge in [0.25, 0.3) is 0 Å². The molecule has 0 aliphatic carbocycles. The van der Waals surface area contributed by atoms with Gasteiger partial charge in [0, 0.05) is 37.1 Å². The van der Waals surface area contributed by atoms with Crippen LogP contribution in [0.5, 0.6) is 0 Å². The number of rotatable bonds is 4. The second-order valence-electron chi connectivity index (χ2n) is 5.14. The van der Waals surface area contributed by atoms with Gasteiger partial charge in [0.2, 0.25) is 0 Å². The zero-order valence-electron chi connectivity index (χ0n) is 11.6. The van der Waals surface area contributed by atoms with E-state index in [0.29, 0.717) is 0 Å². The molecule has 2 N–H and O–H groups in total. The third-order valence-corrected chi connectivity index (χ3v) is 4.76. The van der Waals surface area contributed by atoms with Crippen molar-refractivity contribution in [2.75, 3.05) is 33.2 Å². The Balaban J connectivity index is 2.01. The average molecular weight is 268 g/mol. The van der Waals surface area contributed by atoms with E-state index in [1.54, 1.807) is 11.3 Å². The van der Waals surface area contributed by atoms with E-state index >= 15 is 0 Å². The first kappa shape index (κ1) is 13.9. The number of aryl methyl sites for hydroxylation is 1. The van der Waals surface area contributed by atoms with E-state index in [4.69, 9.17) is 10.7 Å². The molecule has 1 unspecified atom stereocenters. The summed E-state index contributed by atoms with van der Waals surface area (Å²) < 4.78 is 0. The molecular weight excluding hydrogens is 244 g/mol. The quantitative estimate of drug-likeness (QED) is 0.898. The van der Waals surface area contributed by atoms with Gasteiger partial charge in [-0.15, -0.1) is 11.3 Å². The fourth-order valence-electron chi connectivity index (χ4n) is 2.29. The topological polar surface area (TPSA) is 45.4 Å². The molecule has 2 heterocycles. The third kappa shape index (κ3) is 3.29. The van der Waals surface area contributed by atoms with Gasteiger partial charge in [-0.2, -0.15) is 0 Å². The lowest BCUT2D eigenvalue weighted by atomic mass is 10.2. The molecule has 1 aliphatic rings. The smallest absolute Gasteiger partial charge is 0.107 e. The summed E-state index contributed by atoms with van der Waals surface area (Å²) in [6.07, 6.45) is 0.982. The Morgan fingerprint density at radius 2 is 2.00 bits per heavy atom. The summed E-state index contributed by atoms with van der Waals surface area (Å²) in [5.74, 6) is 0. The van der Waals surface area contributed by atoms with Crippen molar-refractivity contribution in [1.29, 1.82) is 0 Å². The lowest BCUT2D eigenvalue weighted by molar-refractivity contribution is 0.148. The van der Waals surface area contributed by atoms with Gasteiger partial charge in [0.1, 0.15) is 5.01 Å². The summed E-state index contributed by atoms with van der Waals surface area (Å²) in [7, 11) is 2.18. The van der Waals surface area contributed by atoms with Gasteiger partial charge in [-0.25, -0.2) is 4.98 Å². The lowest BCUT2D eigenvalue weighted by Gasteiger charge is -2.31. The first-order valence-corrected chi connectivity index (χ1v) is 7.56. The van der Waals surface area contributed by atoms with E-state index in [2.05, 4.69) is 23.8 Å². The fraction of sp³-hybridized carbons (Fsp3) is 0.769. The van der Waals surface area contributed by atoms with E-state index in [0.717, 1.165) is 39.1 Å². The van der Waals surface area contributed by atoms with Gasteiger partial charge >= 0.3 is 0 Å². The first-order valence-electron chi connectivity index (χ1n) is 6.75. The molecule has 0 bridgehead atoms. The van der Waals surface area contributed by atoms with Crippen LogP contribution in [0.2, 0.25) is 0 Å². The highest BCUT2D eigenvalue weighted by atomic mass is 32.1. The first-order chi connectivity index (χ1) is 8.60. The van der Waals surface area contributed by atoms with E-state index in [1.165, 1.54) is 15.6 Å². The highest BCUT2D eigenvalue weighted by Crippen LogP contribution is 2.25. The summed E-state index contributed by atoms with van der Waals surface area (Å²) in [5, 5.41) is 1.23. The van der Waals surface area contributed by atoms with Crippen molar-refractivity contribution in [2.45, 2.75) is 32.9 Å². The predicted molar refractivity (Wildman–Crippen MR) is 76.9 cm³/mol. The number of thiazole rings is 1. The predicted octanol–water partition coefficient (Wildman–Crippen LogP) is 1.47. The molecule has 0 saturated carbocycles. The molecule has 1 aromatic rings. The third-order valence-electron chi connectivity index (χ3n) is 3.48. The van der Waals surface area contributed by atoms with Crippen LogP contribution in [0.25, 0.3) is 0 Å². The second kappa shape index (κ2) is 6.10. The monoisotopic (exact) mass is 268 g/mol. The second-order valence-corrected chi connectivity index (χ2v) is 6.26. The van der Waals surface area contributed by atoms with Gasteiger partial charge in [0.05, 0.1) is 12.2 Å². The average Bonchev–Trinajstić information content (AvgIpc) is 2.75. The van der Waals surface area contributed by atoms with Crippen molar-refractivity contribution in [3.8, 4) is 0 Å².